The quantitative estimate of drug-likeness (QED) is 0.710. The first-order valence-corrected chi connectivity index (χ1v) is 6.63. The van der Waals surface area contributed by atoms with Gasteiger partial charge in [-0.3, -0.25) is 4.98 Å². The van der Waals surface area contributed by atoms with Crippen LogP contribution in [-0.2, 0) is 11.3 Å². The van der Waals surface area contributed by atoms with E-state index in [1.807, 2.05) is 18.5 Å². The molecule has 102 valence electrons. The number of nitrogens with one attached hydrogen (secondary N) is 1. The number of aliphatic hydroxyl groups is 1. The second-order valence-corrected chi connectivity index (χ2v) is 4.39. The predicted octanol–water partition coefficient (Wildman–Crippen LogP) is 1.72. The van der Waals surface area contributed by atoms with Crippen LogP contribution in [0.2, 0.25) is 0 Å². The van der Waals surface area contributed by atoms with E-state index in [9.17, 15) is 0 Å². The molecule has 1 heterocycles. The van der Waals surface area contributed by atoms with Gasteiger partial charge in [0.25, 0.3) is 0 Å². The molecule has 0 amide bonds. The van der Waals surface area contributed by atoms with E-state index in [0.717, 1.165) is 19.5 Å². The van der Waals surface area contributed by atoms with Gasteiger partial charge in [-0.25, -0.2) is 0 Å². The molecule has 0 aliphatic carbocycles. The third kappa shape index (κ3) is 4.28. The molecular weight excluding hydrogens is 240 g/mol. The lowest BCUT2D eigenvalue weighted by Crippen LogP contribution is -2.17. The molecule has 2 aromatic rings. The van der Waals surface area contributed by atoms with Crippen LogP contribution in [0.5, 0.6) is 0 Å². The number of aromatic nitrogens is 1. The van der Waals surface area contributed by atoms with E-state index in [1.54, 1.807) is 0 Å². The summed E-state index contributed by atoms with van der Waals surface area (Å²) >= 11 is 0. The van der Waals surface area contributed by atoms with Gasteiger partial charge in [-0.15, -0.1) is 0 Å². The van der Waals surface area contributed by atoms with Crippen molar-refractivity contribution >= 4 is 10.8 Å². The van der Waals surface area contributed by atoms with Gasteiger partial charge in [-0.05, 0) is 23.9 Å². The minimum Gasteiger partial charge on any atom is -0.394 e. The molecule has 2 rings (SSSR count). The van der Waals surface area contributed by atoms with E-state index in [0.29, 0.717) is 13.2 Å². The summed E-state index contributed by atoms with van der Waals surface area (Å²) in [5.41, 5.74) is 1.22. The molecule has 0 aliphatic heterocycles. The van der Waals surface area contributed by atoms with Crippen LogP contribution < -0.4 is 5.32 Å². The monoisotopic (exact) mass is 260 g/mol. The van der Waals surface area contributed by atoms with Crippen LogP contribution in [-0.4, -0.2) is 36.5 Å². The Morgan fingerprint density at radius 2 is 2.05 bits per heavy atom. The molecule has 2 N–H and O–H groups in total. The summed E-state index contributed by atoms with van der Waals surface area (Å²) in [6.07, 6.45) is 4.75. The normalized spacial score (nSPS) is 11.0. The van der Waals surface area contributed by atoms with Gasteiger partial charge < -0.3 is 15.2 Å². The maximum absolute atomic E-state index is 8.57. The molecule has 0 saturated carbocycles. The molecule has 0 bridgehead atoms. The van der Waals surface area contributed by atoms with E-state index in [1.165, 1.54) is 16.3 Å². The largest absolute Gasteiger partial charge is 0.394 e. The average molecular weight is 260 g/mol. The zero-order valence-corrected chi connectivity index (χ0v) is 11.0. The zero-order valence-electron chi connectivity index (χ0n) is 11.0. The summed E-state index contributed by atoms with van der Waals surface area (Å²) < 4.78 is 5.20. The fourth-order valence-corrected chi connectivity index (χ4v) is 2.01. The standard InChI is InChI=1S/C15H20N2O2/c18-7-9-19-8-3-6-16-11-14-12-17-10-13-4-1-2-5-15(13)14/h1-2,4-5,10,12,16,18H,3,6-9,11H2. The van der Waals surface area contributed by atoms with Crippen LogP contribution in [0, 0.1) is 0 Å². The highest BCUT2D eigenvalue weighted by Gasteiger charge is 2.00. The molecule has 1 aromatic carbocycles. The Labute approximate surface area is 113 Å². The van der Waals surface area contributed by atoms with Gasteiger partial charge in [0, 0.05) is 30.9 Å². The summed E-state index contributed by atoms with van der Waals surface area (Å²) in [7, 11) is 0. The number of hydrogen-bond acceptors (Lipinski definition) is 4. The summed E-state index contributed by atoms with van der Waals surface area (Å²) in [4.78, 5) is 4.26. The van der Waals surface area contributed by atoms with Crippen molar-refractivity contribution in [2.45, 2.75) is 13.0 Å². The molecular formula is C15H20N2O2. The molecule has 0 aliphatic rings. The Morgan fingerprint density at radius 3 is 2.95 bits per heavy atom. The number of rotatable bonds is 8. The highest BCUT2D eigenvalue weighted by Crippen LogP contribution is 2.16. The van der Waals surface area contributed by atoms with E-state index in [4.69, 9.17) is 9.84 Å². The maximum Gasteiger partial charge on any atom is 0.0697 e. The number of pyridine rings is 1. The van der Waals surface area contributed by atoms with Crippen LogP contribution in [0.25, 0.3) is 10.8 Å². The average Bonchev–Trinajstić information content (AvgIpc) is 2.46. The smallest absolute Gasteiger partial charge is 0.0697 e. The Hall–Kier alpha value is -1.49. The van der Waals surface area contributed by atoms with Crippen LogP contribution in [0.4, 0.5) is 0 Å². The number of ether oxygens (including phenoxy) is 1. The van der Waals surface area contributed by atoms with Gasteiger partial charge in [0.05, 0.1) is 13.2 Å². The van der Waals surface area contributed by atoms with Gasteiger partial charge in [0.1, 0.15) is 0 Å². The van der Waals surface area contributed by atoms with E-state index in [-0.39, 0.29) is 6.61 Å². The zero-order chi connectivity index (χ0) is 13.3. The van der Waals surface area contributed by atoms with E-state index >= 15 is 0 Å². The Morgan fingerprint density at radius 1 is 1.16 bits per heavy atom. The molecule has 0 spiro atoms. The molecule has 0 unspecified atom stereocenters. The van der Waals surface area contributed by atoms with Crippen LogP contribution >= 0.6 is 0 Å². The molecule has 4 nitrogen and oxygen atoms in total. The maximum atomic E-state index is 8.57. The van der Waals surface area contributed by atoms with Gasteiger partial charge in [0.2, 0.25) is 0 Å². The van der Waals surface area contributed by atoms with Crippen molar-refractivity contribution in [3.05, 3.63) is 42.2 Å². The highest BCUT2D eigenvalue weighted by molar-refractivity contribution is 5.84. The van der Waals surface area contributed by atoms with Crippen molar-refractivity contribution in [3.63, 3.8) is 0 Å². The van der Waals surface area contributed by atoms with Gasteiger partial charge in [-0.2, -0.15) is 0 Å². The van der Waals surface area contributed by atoms with Crippen molar-refractivity contribution in [2.24, 2.45) is 0 Å². The Bertz CT molecular complexity index is 497. The first-order valence-electron chi connectivity index (χ1n) is 6.63. The first-order chi connectivity index (χ1) is 9.42. The van der Waals surface area contributed by atoms with Crippen molar-refractivity contribution in [1.29, 1.82) is 0 Å². The van der Waals surface area contributed by atoms with Crippen LogP contribution in [0.3, 0.4) is 0 Å². The van der Waals surface area contributed by atoms with Gasteiger partial charge >= 0.3 is 0 Å². The molecule has 0 saturated heterocycles. The third-order valence-electron chi connectivity index (χ3n) is 2.94. The molecule has 1 aromatic heterocycles. The summed E-state index contributed by atoms with van der Waals surface area (Å²) in [6, 6.07) is 8.28. The topological polar surface area (TPSA) is 54.4 Å². The lowest BCUT2D eigenvalue weighted by atomic mass is 10.1. The van der Waals surface area contributed by atoms with E-state index < -0.39 is 0 Å². The third-order valence-corrected chi connectivity index (χ3v) is 2.94. The number of aliphatic hydroxyl groups excluding tert-OH is 1. The molecule has 4 heteroatoms. The number of hydrogen-bond donors (Lipinski definition) is 2. The predicted molar refractivity (Wildman–Crippen MR) is 76.0 cm³/mol. The fourth-order valence-electron chi connectivity index (χ4n) is 2.01. The fraction of sp³-hybridized carbons (Fsp3) is 0.400. The number of benzene rings is 1. The van der Waals surface area contributed by atoms with Crippen LogP contribution in [0.15, 0.2) is 36.7 Å². The van der Waals surface area contributed by atoms with Crippen molar-refractivity contribution in [3.8, 4) is 0 Å². The Kier molecular flexibility index (Phi) is 5.75. The summed E-state index contributed by atoms with van der Waals surface area (Å²) in [6.45, 7) is 2.91. The lowest BCUT2D eigenvalue weighted by molar-refractivity contribution is 0.0907. The molecule has 0 atom stereocenters. The first kappa shape index (κ1) is 13.9. The molecule has 0 fully saturated rings. The lowest BCUT2D eigenvalue weighted by Gasteiger charge is -2.08. The van der Waals surface area contributed by atoms with Gasteiger partial charge in [0.15, 0.2) is 0 Å². The second-order valence-electron chi connectivity index (χ2n) is 4.39. The van der Waals surface area contributed by atoms with Crippen molar-refractivity contribution < 1.29 is 9.84 Å². The number of nitrogens with zero attached hydrogens (tertiary/aromatic N) is 1. The number of fused-ring (bicyclic) bond motifs is 1. The molecule has 19 heavy (non-hydrogen) atoms. The second kappa shape index (κ2) is 7.84. The Balaban J connectivity index is 1.78. The minimum atomic E-state index is 0.0924. The van der Waals surface area contributed by atoms with Gasteiger partial charge in [-0.1, -0.05) is 24.3 Å². The van der Waals surface area contributed by atoms with E-state index in [2.05, 4.69) is 28.5 Å². The molecule has 0 radical (unpaired) electrons. The minimum absolute atomic E-state index is 0.0924. The highest BCUT2D eigenvalue weighted by atomic mass is 16.5. The van der Waals surface area contributed by atoms with Crippen molar-refractivity contribution in [1.82, 2.24) is 10.3 Å². The summed E-state index contributed by atoms with van der Waals surface area (Å²) in [5.74, 6) is 0. The van der Waals surface area contributed by atoms with Crippen LogP contribution in [0.1, 0.15) is 12.0 Å². The van der Waals surface area contributed by atoms with Crippen molar-refractivity contribution in [2.75, 3.05) is 26.4 Å². The summed E-state index contributed by atoms with van der Waals surface area (Å²) in [5, 5.41) is 14.4. The SMILES string of the molecule is OCCOCCCNCc1cncc2ccccc12.